The van der Waals surface area contributed by atoms with Gasteiger partial charge in [-0.15, -0.1) is 11.8 Å². The van der Waals surface area contributed by atoms with E-state index in [-0.39, 0.29) is 11.0 Å². The Hall–Kier alpha value is -2.19. The molecule has 0 saturated heterocycles. The van der Waals surface area contributed by atoms with Gasteiger partial charge < -0.3 is 10.1 Å². The molecule has 1 atom stereocenters. The van der Waals surface area contributed by atoms with Gasteiger partial charge in [-0.3, -0.25) is 9.59 Å². The second-order valence-electron chi connectivity index (χ2n) is 16.8. The van der Waals surface area contributed by atoms with Crippen molar-refractivity contribution >= 4 is 46.3 Å². The van der Waals surface area contributed by atoms with Crippen LogP contribution in [0.1, 0.15) is 191 Å². The number of benzene rings is 3. The van der Waals surface area contributed by atoms with E-state index in [1.54, 1.807) is 23.5 Å². The number of amides is 1. The smallest absolute Gasteiger partial charge is 0.231 e. The third-order valence-corrected chi connectivity index (χ3v) is 15.0. The summed E-state index contributed by atoms with van der Waals surface area (Å²) in [5.41, 5.74) is 2.45. The molecule has 3 rings (SSSR count). The van der Waals surface area contributed by atoms with Crippen LogP contribution in [0, 0.1) is 0 Å². The molecule has 340 valence electrons. The van der Waals surface area contributed by atoms with Crippen LogP contribution in [-0.2, 0) is 19.9 Å². The van der Waals surface area contributed by atoms with Crippen molar-refractivity contribution in [3.63, 3.8) is 0 Å². The Morgan fingerprint density at radius 3 is 1.28 bits per heavy atom. The van der Waals surface area contributed by atoms with Crippen LogP contribution in [0.25, 0.3) is 0 Å². The van der Waals surface area contributed by atoms with E-state index in [1.165, 1.54) is 153 Å². The van der Waals surface area contributed by atoms with E-state index < -0.39 is 11.0 Å². The zero-order valence-corrected chi connectivity index (χ0v) is 40.8. The van der Waals surface area contributed by atoms with Crippen molar-refractivity contribution in [2.75, 3.05) is 29.6 Å². The van der Waals surface area contributed by atoms with E-state index in [0.717, 1.165) is 41.0 Å². The second-order valence-corrected chi connectivity index (χ2v) is 20.2. The van der Waals surface area contributed by atoms with Crippen molar-refractivity contribution in [3.8, 4) is 0 Å². The van der Waals surface area contributed by atoms with Crippen molar-refractivity contribution in [2.45, 2.75) is 185 Å². The molecule has 0 heterocycles. The molecule has 0 fully saturated rings. The zero-order chi connectivity index (χ0) is 43.3. The van der Waals surface area contributed by atoms with E-state index in [9.17, 15) is 9.59 Å². The largest absolute Gasteiger partial charge is 0.361 e. The van der Waals surface area contributed by atoms with Gasteiger partial charge in [0.2, 0.25) is 11.0 Å². The zero-order valence-electron chi connectivity index (χ0n) is 38.4. The highest BCUT2D eigenvalue weighted by Crippen LogP contribution is 2.40. The predicted octanol–water partition coefficient (Wildman–Crippen LogP) is 16.0. The first-order valence-corrected chi connectivity index (χ1v) is 27.8. The molecule has 0 aromatic heterocycles. The lowest BCUT2D eigenvalue weighted by Gasteiger charge is -2.36. The van der Waals surface area contributed by atoms with E-state index in [0.29, 0.717) is 24.5 Å². The SMILES string of the molecule is CCCCCCCCCCCCCCSCC(=O)NC(SCCCCCCCCCCCCCC)C(=O)SCCCOC(c1ccccc1)(c1ccccc1)c1ccccc1. The van der Waals surface area contributed by atoms with E-state index in [4.69, 9.17) is 4.74 Å². The van der Waals surface area contributed by atoms with Crippen LogP contribution in [0.2, 0.25) is 0 Å². The molecule has 4 nitrogen and oxygen atoms in total. The molecule has 0 aliphatic rings. The maximum absolute atomic E-state index is 13.7. The van der Waals surface area contributed by atoms with Gasteiger partial charge >= 0.3 is 0 Å². The number of thioether (sulfide) groups is 3. The first-order chi connectivity index (χ1) is 30.1. The fourth-order valence-corrected chi connectivity index (χ4v) is 10.9. The average molecular weight is 890 g/mol. The molecule has 0 aliphatic heterocycles. The summed E-state index contributed by atoms with van der Waals surface area (Å²) in [4.78, 5) is 26.9. The molecule has 61 heavy (non-hydrogen) atoms. The summed E-state index contributed by atoms with van der Waals surface area (Å²) in [6, 6.07) is 31.3. The van der Waals surface area contributed by atoms with Gasteiger partial charge in [0.1, 0.15) is 11.0 Å². The van der Waals surface area contributed by atoms with Gasteiger partial charge in [0.25, 0.3) is 0 Å². The maximum atomic E-state index is 13.7. The summed E-state index contributed by atoms with van der Waals surface area (Å²) in [6.07, 6.45) is 32.5. The molecule has 0 saturated carbocycles. The minimum atomic E-state index is -0.774. The Kier molecular flexibility index (Phi) is 31.5. The van der Waals surface area contributed by atoms with Crippen LogP contribution in [0.4, 0.5) is 0 Å². The highest BCUT2D eigenvalue weighted by atomic mass is 32.2. The average Bonchev–Trinajstić information content (AvgIpc) is 3.29. The number of carbonyl (C=O) groups excluding carboxylic acids is 2. The molecule has 0 aliphatic carbocycles. The molecule has 0 bridgehead atoms. The van der Waals surface area contributed by atoms with Crippen molar-refractivity contribution in [1.82, 2.24) is 5.32 Å². The number of rotatable bonds is 39. The van der Waals surface area contributed by atoms with Crippen molar-refractivity contribution in [3.05, 3.63) is 108 Å². The van der Waals surface area contributed by atoms with Crippen LogP contribution in [0.3, 0.4) is 0 Å². The summed E-state index contributed by atoms with van der Waals surface area (Å²) < 4.78 is 6.96. The Morgan fingerprint density at radius 1 is 0.492 bits per heavy atom. The van der Waals surface area contributed by atoms with Crippen LogP contribution < -0.4 is 5.32 Å². The summed E-state index contributed by atoms with van der Waals surface area (Å²) >= 11 is 4.67. The van der Waals surface area contributed by atoms with Gasteiger partial charge in [0.05, 0.1) is 5.75 Å². The number of nitrogens with one attached hydrogen (secondary N) is 1. The molecule has 0 spiro atoms. The first kappa shape index (κ1) is 53.2. The summed E-state index contributed by atoms with van der Waals surface area (Å²) in [7, 11) is 0. The van der Waals surface area contributed by atoms with E-state index in [2.05, 4.69) is 92.0 Å². The number of carbonyl (C=O) groups is 2. The van der Waals surface area contributed by atoms with Gasteiger partial charge in [-0.25, -0.2) is 0 Å². The minimum Gasteiger partial charge on any atom is -0.361 e. The van der Waals surface area contributed by atoms with Crippen LogP contribution >= 0.6 is 35.3 Å². The number of hydrogen-bond donors (Lipinski definition) is 1. The van der Waals surface area contributed by atoms with Gasteiger partial charge in [-0.1, -0.05) is 258 Å². The lowest BCUT2D eigenvalue weighted by molar-refractivity contribution is -0.121. The van der Waals surface area contributed by atoms with Gasteiger partial charge in [-0.2, -0.15) is 11.8 Å². The Labute approximate surface area is 386 Å². The van der Waals surface area contributed by atoms with Crippen molar-refractivity contribution < 1.29 is 14.3 Å². The predicted molar refractivity (Wildman–Crippen MR) is 271 cm³/mol. The highest BCUT2D eigenvalue weighted by Gasteiger charge is 2.37. The molecule has 1 amide bonds. The molecule has 1 N–H and O–H groups in total. The molecule has 3 aromatic rings. The summed E-state index contributed by atoms with van der Waals surface area (Å²) in [6.45, 7) is 5.04. The Morgan fingerprint density at radius 2 is 0.869 bits per heavy atom. The lowest BCUT2D eigenvalue weighted by atomic mass is 9.80. The highest BCUT2D eigenvalue weighted by molar-refractivity contribution is 8.16. The topological polar surface area (TPSA) is 55.4 Å². The van der Waals surface area contributed by atoms with E-state index >= 15 is 0 Å². The van der Waals surface area contributed by atoms with E-state index in [1.807, 2.05) is 18.2 Å². The molecule has 1 unspecified atom stereocenters. The first-order valence-electron chi connectivity index (χ1n) is 24.6. The fraction of sp³-hybridized carbons (Fsp3) is 0.630. The summed E-state index contributed by atoms with van der Waals surface area (Å²) in [5, 5.41) is 2.67. The lowest BCUT2D eigenvalue weighted by Crippen LogP contribution is -2.38. The quantitative estimate of drug-likeness (QED) is 0.0350. The van der Waals surface area contributed by atoms with Crippen LogP contribution in [0.5, 0.6) is 0 Å². The minimum absolute atomic E-state index is 0.0215. The van der Waals surface area contributed by atoms with Gasteiger partial charge in [0.15, 0.2) is 0 Å². The standard InChI is InChI=1S/C54H83NO3S3/c1-3-5-7-9-11-13-15-17-19-21-23-34-44-59-47-51(56)55-52(60-45-35-24-22-20-18-16-14-12-10-8-6-4-2)53(57)61-46-36-43-58-54(48-37-28-25-29-38-48,49-39-30-26-31-40-49)50-41-32-27-33-42-50/h25-33,37-42,52H,3-24,34-36,43-47H2,1-2H3,(H,55,56). The number of ether oxygens (including phenoxy) is 1. The monoisotopic (exact) mass is 890 g/mol. The maximum Gasteiger partial charge on any atom is 0.231 e. The fourth-order valence-electron chi connectivity index (χ4n) is 8.01. The normalized spacial score (nSPS) is 12.1. The van der Waals surface area contributed by atoms with Crippen LogP contribution in [0.15, 0.2) is 91.0 Å². The molecule has 7 heteroatoms. The molecular weight excluding hydrogens is 807 g/mol. The Balaban J connectivity index is 1.44. The number of unbranched alkanes of at least 4 members (excludes halogenated alkanes) is 22. The Bertz CT molecular complexity index is 1380. The van der Waals surface area contributed by atoms with Crippen LogP contribution in [-0.4, -0.2) is 46.0 Å². The molecular formula is C54H83NO3S3. The second kappa shape index (κ2) is 36.2. The molecule has 0 radical (unpaired) electrons. The third-order valence-electron chi connectivity index (χ3n) is 11.6. The number of hydrogen-bond acceptors (Lipinski definition) is 6. The summed E-state index contributed by atoms with van der Waals surface area (Å²) in [5.74, 6) is 2.91. The third kappa shape index (κ3) is 23.4. The van der Waals surface area contributed by atoms with Crippen molar-refractivity contribution in [2.24, 2.45) is 0 Å². The molecule has 3 aromatic carbocycles. The van der Waals surface area contributed by atoms with Gasteiger partial charge in [0, 0.05) is 12.4 Å². The van der Waals surface area contributed by atoms with Crippen molar-refractivity contribution in [1.29, 1.82) is 0 Å². The van der Waals surface area contributed by atoms with Gasteiger partial charge in [-0.05, 0) is 47.5 Å².